The van der Waals surface area contributed by atoms with Gasteiger partial charge in [-0.05, 0) is 39.3 Å². The van der Waals surface area contributed by atoms with Crippen molar-refractivity contribution in [3.8, 4) is 0 Å². The van der Waals surface area contributed by atoms with Gasteiger partial charge in [-0.15, -0.1) is 0 Å². The van der Waals surface area contributed by atoms with E-state index in [0.29, 0.717) is 24.5 Å². The van der Waals surface area contributed by atoms with Crippen molar-refractivity contribution in [2.75, 3.05) is 18.8 Å². The predicted octanol–water partition coefficient (Wildman–Crippen LogP) is 1.50. The second-order valence-corrected chi connectivity index (χ2v) is 7.11. The predicted molar refractivity (Wildman–Crippen MR) is 84.8 cm³/mol. The fraction of sp³-hybridized carbons (Fsp3) is 0.562. The minimum absolute atomic E-state index is 0.0283. The maximum absolute atomic E-state index is 12.6. The Morgan fingerprint density at radius 1 is 1.22 bits per heavy atom. The maximum Gasteiger partial charge on any atom is 0.410 e. The number of ether oxygens (including phenoxy) is 1. The average Bonchev–Trinajstić information content (AvgIpc) is 3.05. The smallest absolute Gasteiger partial charge is 0.410 e. The van der Waals surface area contributed by atoms with Crippen LogP contribution in [0.25, 0.3) is 0 Å². The summed E-state index contributed by atoms with van der Waals surface area (Å²) in [4.78, 5) is 32.3. The molecule has 0 unspecified atom stereocenters. The highest BCUT2D eigenvalue weighted by Gasteiger charge is 2.48. The van der Waals surface area contributed by atoms with Crippen LogP contribution in [0.15, 0.2) is 18.3 Å². The Bertz CT molecular complexity index is 623. The van der Waals surface area contributed by atoms with E-state index in [1.54, 1.807) is 17.0 Å². The van der Waals surface area contributed by atoms with E-state index in [1.807, 2.05) is 25.7 Å². The van der Waals surface area contributed by atoms with Crippen molar-refractivity contribution in [2.45, 2.75) is 44.9 Å². The van der Waals surface area contributed by atoms with Crippen LogP contribution in [0.2, 0.25) is 0 Å². The van der Waals surface area contributed by atoms with E-state index in [2.05, 4.69) is 4.98 Å². The second-order valence-electron chi connectivity index (χ2n) is 7.11. The molecular weight excluding hydrogens is 296 g/mol. The number of amides is 2. The normalized spacial score (nSPS) is 23.3. The zero-order chi connectivity index (χ0) is 16.8. The molecule has 1 aromatic rings. The summed E-state index contributed by atoms with van der Waals surface area (Å²) < 4.78 is 5.43. The van der Waals surface area contributed by atoms with E-state index in [4.69, 9.17) is 10.5 Å². The number of nitrogens with two attached hydrogens (primary N) is 1. The van der Waals surface area contributed by atoms with Crippen molar-refractivity contribution < 1.29 is 14.3 Å². The van der Waals surface area contributed by atoms with Crippen molar-refractivity contribution in [1.29, 1.82) is 0 Å². The van der Waals surface area contributed by atoms with E-state index < -0.39 is 5.60 Å². The van der Waals surface area contributed by atoms with E-state index in [9.17, 15) is 9.59 Å². The van der Waals surface area contributed by atoms with Gasteiger partial charge in [0, 0.05) is 19.3 Å². The molecular formula is C16H22N4O3. The lowest BCUT2D eigenvalue weighted by Gasteiger charge is -2.35. The van der Waals surface area contributed by atoms with E-state index >= 15 is 0 Å². The van der Waals surface area contributed by atoms with Crippen LogP contribution in [0.5, 0.6) is 0 Å². The van der Waals surface area contributed by atoms with Crippen LogP contribution >= 0.6 is 0 Å². The van der Waals surface area contributed by atoms with Crippen LogP contribution in [0, 0.1) is 0 Å². The van der Waals surface area contributed by atoms with Gasteiger partial charge in [0.15, 0.2) is 0 Å². The molecule has 23 heavy (non-hydrogen) atoms. The summed E-state index contributed by atoms with van der Waals surface area (Å²) >= 11 is 0. The summed E-state index contributed by atoms with van der Waals surface area (Å²) in [6, 6.07) is 3.37. The molecule has 2 bridgehead atoms. The van der Waals surface area contributed by atoms with Gasteiger partial charge in [0.1, 0.15) is 11.4 Å². The van der Waals surface area contributed by atoms with Crippen molar-refractivity contribution in [2.24, 2.45) is 0 Å². The number of pyridine rings is 1. The SMILES string of the molecule is CC(C)(C)OC(=O)N1C[C@@H]2C[C@H]1CN2C(=O)c1ccc(N)nc1. The van der Waals surface area contributed by atoms with Gasteiger partial charge in [-0.2, -0.15) is 0 Å². The summed E-state index contributed by atoms with van der Waals surface area (Å²) in [6.45, 7) is 6.61. The number of fused-ring (bicyclic) bond motifs is 2. The molecule has 2 aliphatic rings. The Hall–Kier alpha value is -2.31. The van der Waals surface area contributed by atoms with Gasteiger partial charge in [0.25, 0.3) is 5.91 Å². The topological polar surface area (TPSA) is 88.8 Å². The van der Waals surface area contributed by atoms with Crippen molar-refractivity contribution in [3.05, 3.63) is 23.9 Å². The summed E-state index contributed by atoms with van der Waals surface area (Å²) in [7, 11) is 0. The number of nitrogen functional groups attached to an aromatic ring is 1. The number of carbonyl (C=O) groups excluding carboxylic acids is 2. The number of hydrogen-bond donors (Lipinski definition) is 1. The third-order valence-electron chi connectivity index (χ3n) is 4.16. The molecule has 0 radical (unpaired) electrons. The number of piperazine rings is 1. The average molecular weight is 318 g/mol. The largest absolute Gasteiger partial charge is 0.444 e. The van der Waals surface area contributed by atoms with Crippen LogP contribution in [-0.4, -0.2) is 57.6 Å². The van der Waals surface area contributed by atoms with Gasteiger partial charge in [0.2, 0.25) is 0 Å². The zero-order valence-electron chi connectivity index (χ0n) is 13.7. The fourth-order valence-corrected chi connectivity index (χ4v) is 3.16. The molecule has 2 saturated heterocycles. The molecule has 2 N–H and O–H groups in total. The molecule has 3 heterocycles. The van der Waals surface area contributed by atoms with Gasteiger partial charge >= 0.3 is 6.09 Å². The Morgan fingerprint density at radius 3 is 2.39 bits per heavy atom. The van der Waals surface area contributed by atoms with Gasteiger partial charge in [-0.25, -0.2) is 9.78 Å². The van der Waals surface area contributed by atoms with E-state index in [-0.39, 0.29) is 24.1 Å². The van der Waals surface area contributed by atoms with Crippen LogP contribution in [0.4, 0.5) is 10.6 Å². The molecule has 0 aliphatic carbocycles. The third-order valence-corrected chi connectivity index (χ3v) is 4.16. The molecule has 0 aromatic carbocycles. The van der Waals surface area contributed by atoms with Crippen molar-refractivity contribution in [1.82, 2.24) is 14.8 Å². The quantitative estimate of drug-likeness (QED) is 0.847. The number of nitrogens with zero attached hydrogens (tertiary/aromatic N) is 3. The first-order valence-corrected chi connectivity index (χ1v) is 7.77. The van der Waals surface area contributed by atoms with Crippen LogP contribution in [-0.2, 0) is 4.74 Å². The number of rotatable bonds is 1. The number of likely N-dealkylation sites (tertiary alicyclic amines) is 2. The van der Waals surface area contributed by atoms with Crippen LogP contribution in [0.1, 0.15) is 37.6 Å². The third kappa shape index (κ3) is 3.09. The first kappa shape index (κ1) is 15.6. The molecule has 0 saturated carbocycles. The lowest BCUT2D eigenvalue weighted by Crippen LogP contribution is -2.51. The van der Waals surface area contributed by atoms with E-state index in [0.717, 1.165) is 6.42 Å². The maximum atomic E-state index is 12.6. The molecule has 2 fully saturated rings. The molecule has 2 atom stereocenters. The van der Waals surface area contributed by atoms with Gasteiger partial charge in [-0.1, -0.05) is 0 Å². The summed E-state index contributed by atoms with van der Waals surface area (Å²) in [5.74, 6) is 0.328. The van der Waals surface area contributed by atoms with Crippen molar-refractivity contribution in [3.63, 3.8) is 0 Å². The lowest BCUT2D eigenvalue weighted by molar-refractivity contribution is 0.0126. The first-order valence-electron chi connectivity index (χ1n) is 7.77. The highest BCUT2D eigenvalue weighted by atomic mass is 16.6. The Morgan fingerprint density at radius 2 is 1.87 bits per heavy atom. The molecule has 7 nitrogen and oxygen atoms in total. The molecule has 2 amide bonds. The highest BCUT2D eigenvalue weighted by molar-refractivity contribution is 5.94. The van der Waals surface area contributed by atoms with Crippen molar-refractivity contribution >= 4 is 17.8 Å². The standard InChI is InChI=1S/C16H22N4O3/c1-16(2,3)23-15(22)20-9-11-6-12(20)8-19(11)14(21)10-4-5-13(17)18-7-10/h4-5,7,11-12H,6,8-9H2,1-3H3,(H2,17,18)/t11-,12-/m0/s1. The molecule has 1 aromatic heterocycles. The van der Waals surface area contributed by atoms with Crippen LogP contribution in [0.3, 0.4) is 0 Å². The fourth-order valence-electron chi connectivity index (χ4n) is 3.16. The molecule has 3 rings (SSSR count). The molecule has 124 valence electrons. The highest BCUT2D eigenvalue weighted by Crippen LogP contribution is 2.32. The summed E-state index contributed by atoms with van der Waals surface area (Å²) in [5, 5.41) is 0. The number of aromatic nitrogens is 1. The first-order chi connectivity index (χ1) is 10.7. The lowest BCUT2D eigenvalue weighted by atomic mass is 10.2. The van der Waals surface area contributed by atoms with Gasteiger partial charge < -0.3 is 20.3 Å². The summed E-state index contributed by atoms with van der Waals surface area (Å²) in [5.41, 5.74) is 5.56. The zero-order valence-corrected chi connectivity index (χ0v) is 13.7. The molecule has 7 heteroatoms. The minimum Gasteiger partial charge on any atom is -0.444 e. The molecule has 0 spiro atoms. The Kier molecular flexibility index (Phi) is 3.66. The van der Waals surface area contributed by atoms with Crippen LogP contribution < -0.4 is 5.73 Å². The summed E-state index contributed by atoms with van der Waals surface area (Å²) in [6.07, 6.45) is 1.99. The number of hydrogen-bond acceptors (Lipinski definition) is 5. The monoisotopic (exact) mass is 318 g/mol. The Labute approximate surface area is 135 Å². The molecule has 2 aliphatic heterocycles. The second kappa shape index (κ2) is 5.40. The minimum atomic E-state index is -0.510. The number of carbonyl (C=O) groups is 2. The van der Waals surface area contributed by atoms with Gasteiger partial charge in [0.05, 0.1) is 17.6 Å². The van der Waals surface area contributed by atoms with Gasteiger partial charge in [-0.3, -0.25) is 4.79 Å². The number of anilines is 1. The Balaban J connectivity index is 1.65. The van der Waals surface area contributed by atoms with E-state index in [1.165, 1.54) is 6.20 Å².